The molecule has 1 aromatic heterocycles. The summed E-state index contributed by atoms with van der Waals surface area (Å²) in [5.74, 6) is -0.345. The van der Waals surface area contributed by atoms with Crippen molar-refractivity contribution in [2.75, 3.05) is 5.32 Å². The van der Waals surface area contributed by atoms with Gasteiger partial charge in [0, 0.05) is 34.7 Å². The molecule has 0 saturated carbocycles. The maximum Gasteiger partial charge on any atom is 0.254 e. The fourth-order valence-corrected chi connectivity index (χ4v) is 2.68. The summed E-state index contributed by atoms with van der Waals surface area (Å²) in [6, 6.07) is 10.9. The standard InChI is InChI=1S/C18H13Cl2FN4O/c19-13-5-14(20)7-16(6-13)25-18-23-9-12(10-24-18)17(26)22-8-11-1-3-15(21)4-2-11/h1-7,9-10H,8H2,(H,22,26)(H,23,24,25). The van der Waals surface area contributed by atoms with E-state index in [2.05, 4.69) is 20.6 Å². The second-order valence-electron chi connectivity index (χ2n) is 5.39. The highest BCUT2D eigenvalue weighted by Gasteiger charge is 2.08. The number of amides is 1. The fourth-order valence-electron chi connectivity index (χ4n) is 2.15. The van der Waals surface area contributed by atoms with Gasteiger partial charge >= 0.3 is 0 Å². The quantitative estimate of drug-likeness (QED) is 0.668. The highest BCUT2D eigenvalue weighted by atomic mass is 35.5. The van der Waals surface area contributed by atoms with Crippen molar-refractivity contribution in [1.29, 1.82) is 0 Å². The molecule has 2 N–H and O–H groups in total. The number of aromatic nitrogens is 2. The lowest BCUT2D eigenvalue weighted by Crippen LogP contribution is -2.23. The van der Waals surface area contributed by atoms with E-state index in [0.717, 1.165) is 5.56 Å². The van der Waals surface area contributed by atoms with Crippen LogP contribution < -0.4 is 10.6 Å². The van der Waals surface area contributed by atoms with Gasteiger partial charge in [0.2, 0.25) is 5.95 Å². The number of rotatable bonds is 5. The maximum absolute atomic E-state index is 12.9. The zero-order chi connectivity index (χ0) is 18.5. The molecule has 3 aromatic rings. The van der Waals surface area contributed by atoms with E-state index in [1.807, 2.05) is 0 Å². The van der Waals surface area contributed by atoms with Gasteiger partial charge in [0.15, 0.2) is 0 Å². The van der Waals surface area contributed by atoms with Crippen molar-refractivity contribution in [1.82, 2.24) is 15.3 Å². The van der Waals surface area contributed by atoms with E-state index in [1.54, 1.807) is 30.3 Å². The molecule has 0 aliphatic carbocycles. The van der Waals surface area contributed by atoms with E-state index in [-0.39, 0.29) is 18.3 Å². The van der Waals surface area contributed by atoms with Crippen LogP contribution in [0.5, 0.6) is 0 Å². The minimum absolute atomic E-state index is 0.278. The minimum Gasteiger partial charge on any atom is -0.348 e. The maximum atomic E-state index is 12.9. The van der Waals surface area contributed by atoms with Crippen molar-refractivity contribution in [2.45, 2.75) is 6.54 Å². The molecule has 0 atom stereocenters. The van der Waals surface area contributed by atoms with Gasteiger partial charge in [-0.2, -0.15) is 0 Å². The molecule has 2 aromatic carbocycles. The summed E-state index contributed by atoms with van der Waals surface area (Å²) in [6.45, 7) is 0.278. The number of halogens is 3. The average molecular weight is 391 g/mol. The lowest BCUT2D eigenvalue weighted by molar-refractivity contribution is 0.0950. The van der Waals surface area contributed by atoms with Crippen molar-refractivity contribution in [3.8, 4) is 0 Å². The van der Waals surface area contributed by atoms with E-state index in [4.69, 9.17) is 23.2 Å². The highest BCUT2D eigenvalue weighted by molar-refractivity contribution is 6.35. The van der Waals surface area contributed by atoms with Gasteiger partial charge in [-0.25, -0.2) is 14.4 Å². The second-order valence-corrected chi connectivity index (χ2v) is 6.26. The summed E-state index contributed by atoms with van der Waals surface area (Å²) in [4.78, 5) is 20.3. The SMILES string of the molecule is O=C(NCc1ccc(F)cc1)c1cnc(Nc2cc(Cl)cc(Cl)c2)nc1. The Morgan fingerprint density at radius 3 is 2.23 bits per heavy atom. The number of carbonyl (C=O) groups is 1. The summed E-state index contributed by atoms with van der Waals surface area (Å²) in [6.07, 6.45) is 2.81. The first-order chi connectivity index (χ1) is 12.5. The molecule has 0 saturated heterocycles. The molecule has 5 nitrogen and oxygen atoms in total. The van der Waals surface area contributed by atoms with Gasteiger partial charge in [0.05, 0.1) is 5.56 Å². The minimum atomic E-state index is -0.327. The number of benzene rings is 2. The molecular formula is C18H13Cl2FN4O. The smallest absolute Gasteiger partial charge is 0.254 e. The summed E-state index contributed by atoms with van der Waals surface area (Å²) in [7, 11) is 0. The number of anilines is 2. The van der Waals surface area contributed by atoms with E-state index in [1.165, 1.54) is 24.5 Å². The fraction of sp³-hybridized carbons (Fsp3) is 0.0556. The van der Waals surface area contributed by atoms with Crippen molar-refractivity contribution in [3.05, 3.63) is 81.8 Å². The van der Waals surface area contributed by atoms with Crippen LogP contribution >= 0.6 is 23.2 Å². The molecule has 0 radical (unpaired) electrons. The Morgan fingerprint density at radius 2 is 1.62 bits per heavy atom. The summed E-state index contributed by atoms with van der Waals surface area (Å²) in [5, 5.41) is 6.64. The average Bonchev–Trinajstić information content (AvgIpc) is 2.61. The zero-order valence-electron chi connectivity index (χ0n) is 13.3. The number of hydrogen-bond acceptors (Lipinski definition) is 4. The van der Waals surface area contributed by atoms with Crippen LogP contribution in [0.1, 0.15) is 15.9 Å². The van der Waals surface area contributed by atoms with Crippen LogP contribution in [0.15, 0.2) is 54.9 Å². The first-order valence-electron chi connectivity index (χ1n) is 7.57. The van der Waals surface area contributed by atoms with Gasteiger partial charge in [-0.15, -0.1) is 0 Å². The Labute approximate surface area is 159 Å². The van der Waals surface area contributed by atoms with Crippen LogP contribution in [-0.2, 0) is 6.54 Å². The Bertz CT molecular complexity index is 897. The Kier molecular flexibility index (Phi) is 5.65. The number of nitrogens with zero attached hydrogens (tertiary/aromatic N) is 2. The third-order valence-electron chi connectivity index (χ3n) is 3.40. The number of hydrogen-bond donors (Lipinski definition) is 2. The predicted molar refractivity (Wildman–Crippen MR) is 99.3 cm³/mol. The van der Waals surface area contributed by atoms with Crippen LogP contribution in [0.2, 0.25) is 10.0 Å². The van der Waals surface area contributed by atoms with Crippen LogP contribution in [-0.4, -0.2) is 15.9 Å². The van der Waals surface area contributed by atoms with Crippen LogP contribution in [0.25, 0.3) is 0 Å². The molecular weight excluding hydrogens is 378 g/mol. The van der Waals surface area contributed by atoms with E-state index in [9.17, 15) is 9.18 Å². The van der Waals surface area contributed by atoms with Crippen molar-refractivity contribution in [3.63, 3.8) is 0 Å². The van der Waals surface area contributed by atoms with Gasteiger partial charge in [0.25, 0.3) is 5.91 Å². The summed E-state index contributed by atoms with van der Waals surface area (Å²) in [5.41, 5.74) is 1.73. The third kappa shape index (κ3) is 4.91. The van der Waals surface area contributed by atoms with Gasteiger partial charge in [-0.3, -0.25) is 4.79 Å². The monoisotopic (exact) mass is 390 g/mol. The zero-order valence-corrected chi connectivity index (χ0v) is 14.9. The molecule has 0 unspecified atom stereocenters. The van der Waals surface area contributed by atoms with Gasteiger partial charge in [0.1, 0.15) is 5.82 Å². The normalized spacial score (nSPS) is 10.4. The molecule has 0 aliphatic rings. The summed E-state index contributed by atoms with van der Waals surface area (Å²) < 4.78 is 12.9. The molecule has 132 valence electrons. The van der Waals surface area contributed by atoms with E-state index in [0.29, 0.717) is 27.2 Å². The third-order valence-corrected chi connectivity index (χ3v) is 3.84. The Morgan fingerprint density at radius 1 is 1.00 bits per heavy atom. The van der Waals surface area contributed by atoms with E-state index >= 15 is 0 Å². The van der Waals surface area contributed by atoms with Crippen molar-refractivity contribution >= 4 is 40.7 Å². The molecule has 0 bridgehead atoms. The predicted octanol–water partition coefficient (Wildman–Crippen LogP) is 4.60. The molecule has 3 rings (SSSR count). The molecule has 8 heteroatoms. The number of carbonyl (C=O) groups excluding carboxylic acids is 1. The Hall–Kier alpha value is -2.70. The first kappa shape index (κ1) is 18.1. The van der Waals surface area contributed by atoms with Gasteiger partial charge < -0.3 is 10.6 Å². The van der Waals surface area contributed by atoms with Gasteiger partial charge in [-0.05, 0) is 35.9 Å². The lowest BCUT2D eigenvalue weighted by atomic mass is 10.2. The second kappa shape index (κ2) is 8.12. The molecule has 0 aliphatic heterocycles. The summed E-state index contributed by atoms with van der Waals surface area (Å²) >= 11 is 11.9. The topological polar surface area (TPSA) is 66.9 Å². The molecule has 0 fully saturated rings. The van der Waals surface area contributed by atoms with Crippen molar-refractivity contribution in [2.24, 2.45) is 0 Å². The lowest BCUT2D eigenvalue weighted by Gasteiger charge is -2.07. The molecule has 26 heavy (non-hydrogen) atoms. The van der Waals surface area contributed by atoms with Gasteiger partial charge in [-0.1, -0.05) is 35.3 Å². The molecule has 0 spiro atoms. The van der Waals surface area contributed by atoms with Crippen LogP contribution in [0.3, 0.4) is 0 Å². The largest absolute Gasteiger partial charge is 0.348 e. The molecule has 1 amide bonds. The number of nitrogens with one attached hydrogen (secondary N) is 2. The molecule has 1 heterocycles. The highest BCUT2D eigenvalue weighted by Crippen LogP contribution is 2.24. The van der Waals surface area contributed by atoms with Crippen molar-refractivity contribution < 1.29 is 9.18 Å². The van der Waals surface area contributed by atoms with Crippen LogP contribution in [0, 0.1) is 5.82 Å². The first-order valence-corrected chi connectivity index (χ1v) is 8.33. The van der Waals surface area contributed by atoms with E-state index < -0.39 is 0 Å². The Balaban J connectivity index is 1.61. The van der Waals surface area contributed by atoms with Crippen LogP contribution in [0.4, 0.5) is 16.0 Å².